The molecule has 110 valence electrons. The molecule has 0 heterocycles. The van der Waals surface area contributed by atoms with Crippen molar-refractivity contribution in [3.05, 3.63) is 30.3 Å². The van der Waals surface area contributed by atoms with Gasteiger partial charge in [-0.05, 0) is 25.0 Å². The average Bonchev–Trinajstić information content (AvgIpc) is 2.44. The maximum atomic E-state index is 11.8. The van der Waals surface area contributed by atoms with Crippen molar-refractivity contribution in [2.45, 2.75) is 25.7 Å². The Morgan fingerprint density at radius 1 is 1.15 bits per heavy atom. The van der Waals surface area contributed by atoms with Crippen molar-refractivity contribution in [3.8, 4) is 5.75 Å². The number of carbonyl (C=O) groups excluding carboxylic acids is 1. The van der Waals surface area contributed by atoms with Gasteiger partial charge < -0.3 is 14.7 Å². The van der Waals surface area contributed by atoms with Crippen LogP contribution in [-0.2, 0) is 9.59 Å². The zero-order chi connectivity index (χ0) is 14.8. The summed E-state index contributed by atoms with van der Waals surface area (Å²) in [4.78, 5) is 23.7. The monoisotopic (exact) mass is 279 g/mol. The first kappa shape index (κ1) is 16.0. The molecule has 0 fully saturated rings. The third kappa shape index (κ3) is 6.78. The Balaban J connectivity index is 2.11. The third-order valence-electron chi connectivity index (χ3n) is 2.86. The Bertz CT molecular complexity index is 419. The summed E-state index contributed by atoms with van der Waals surface area (Å²) in [6.07, 6.45) is 1.64. The lowest BCUT2D eigenvalue weighted by Crippen LogP contribution is -2.28. The highest BCUT2D eigenvalue weighted by Crippen LogP contribution is 2.09. The molecule has 0 saturated carbocycles. The summed E-state index contributed by atoms with van der Waals surface area (Å²) >= 11 is 0. The molecular formula is C15H21NO4. The molecule has 0 aromatic heterocycles. The number of benzene rings is 1. The fourth-order valence-corrected chi connectivity index (χ4v) is 1.71. The van der Waals surface area contributed by atoms with Crippen LogP contribution in [-0.4, -0.2) is 42.1 Å². The van der Waals surface area contributed by atoms with E-state index in [1.807, 2.05) is 30.3 Å². The second-order valence-electron chi connectivity index (χ2n) is 4.58. The molecule has 0 aliphatic heterocycles. The van der Waals surface area contributed by atoms with Gasteiger partial charge in [0.2, 0.25) is 5.91 Å². The highest BCUT2D eigenvalue weighted by Gasteiger charge is 2.08. The van der Waals surface area contributed by atoms with Crippen LogP contribution in [0.4, 0.5) is 0 Å². The number of carbonyl (C=O) groups is 2. The van der Waals surface area contributed by atoms with Gasteiger partial charge in [-0.2, -0.15) is 0 Å². The number of aliphatic carboxylic acids is 1. The van der Waals surface area contributed by atoms with Crippen LogP contribution in [0.5, 0.6) is 5.75 Å². The molecule has 1 aromatic carbocycles. The zero-order valence-electron chi connectivity index (χ0n) is 11.7. The first-order chi connectivity index (χ1) is 9.59. The number of rotatable bonds is 9. The quantitative estimate of drug-likeness (QED) is 0.703. The van der Waals surface area contributed by atoms with Gasteiger partial charge >= 0.3 is 5.97 Å². The Morgan fingerprint density at radius 3 is 2.50 bits per heavy atom. The van der Waals surface area contributed by atoms with Crippen LogP contribution >= 0.6 is 0 Å². The number of hydrogen-bond donors (Lipinski definition) is 1. The van der Waals surface area contributed by atoms with E-state index in [1.54, 1.807) is 11.9 Å². The lowest BCUT2D eigenvalue weighted by molar-refractivity contribution is -0.138. The van der Waals surface area contributed by atoms with Crippen molar-refractivity contribution in [1.82, 2.24) is 4.90 Å². The van der Waals surface area contributed by atoms with E-state index in [2.05, 4.69) is 0 Å². The molecule has 0 bridgehead atoms. The molecule has 0 atom stereocenters. The largest absolute Gasteiger partial charge is 0.494 e. The topological polar surface area (TPSA) is 66.8 Å². The van der Waals surface area contributed by atoms with Gasteiger partial charge in [0.25, 0.3) is 0 Å². The summed E-state index contributed by atoms with van der Waals surface area (Å²) in [7, 11) is 1.70. The fourth-order valence-electron chi connectivity index (χ4n) is 1.71. The predicted molar refractivity (Wildman–Crippen MR) is 75.7 cm³/mol. The van der Waals surface area contributed by atoms with Crippen molar-refractivity contribution in [2.24, 2.45) is 0 Å². The van der Waals surface area contributed by atoms with Crippen molar-refractivity contribution < 1.29 is 19.4 Å². The van der Waals surface area contributed by atoms with Crippen molar-refractivity contribution >= 4 is 11.9 Å². The van der Waals surface area contributed by atoms with E-state index in [9.17, 15) is 9.59 Å². The van der Waals surface area contributed by atoms with Crippen LogP contribution in [0.2, 0.25) is 0 Å². The van der Waals surface area contributed by atoms with Gasteiger partial charge in [0.1, 0.15) is 5.75 Å². The minimum absolute atomic E-state index is 0.0204. The summed E-state index contributed by atoms with van der Waals surface area (Å²) in [5.41, 5.74) is 0. The molecule has 0 unspecified atom stereocenters. The van der Waals surface area contributed by atoms with E-state index in [0.717, 1.165) is 5.75 Å². The average molecular weight is 279 g/mol. The normalized spacial score (nSPS) is 10.1. The second-order valence-corrected chi connectivity index (χ2v) is 4.58. The standard InChI is InChI=1S/C15H21NO4/c1-16(11-5-10-15(18)19)14(17)9-6-12-20-13-7-3-2-4-8-13/h2-4,7-8H,5-6,9-12H2,1H3,(H,18,19). The van der Waals surface area contributed by atoms with E-state index in [4.69, 9.17) is 9.84 Å². The number of carboxylic acids is 1. The molecule has 1 amide bonds. The Hall–Kier alpha value is -2.04. The molecule has 0 saturated heterocycles. The fraction of sp³-hybridized carbons (Fsp3) is 0.467. The zero-order valence-corrected chi connectivity index (χ0v) is 11.7. The highest BCUT2D eigenvalue weighted by atomic mass is 16.5. The van der Waals surface area contributed by atoms with Gasteiger partial charge in [0.15, 0.2) is 0 Å². The van der Waals surface area contributed by atoms with E-state index in [1.165, 1.54) is 0 Å². The van der Waals surface area contributed by atoms with Crippen molar-refractivity contribution in [3.63, 3.8) is 0 Å². The number of ether oxygens (including phenoxy) is 1. The van der Waals surface area contributed by atoms with Crippen LogP contribution in [0.3, 0.4) is 0 Å². The van der Waals surface area contributed by atoms with Gasteiger partial charge in [-0.25, -0.2) is 0 Å². The molecule has 0 radical (unpaired) electrons. The first-order valence-corrected chi connectivity index (χ1v) is 6.73. The second kappa shape index (κ2) is 8.96. The number of carboxylic acid groups (broad SMARTS) is 1. The molecule has 0 aliphatic carbocycles. The Morgan fingerprint density at radius 2 is 1.85 bits per heavy atom. The van der Waals surface area contributed by atoms with Crippen LogP contribution < -0.4 is 4.74 Å². The Kier molecular flexibility index (Phi) is 7.17. The molecular weight excluding hydrogens is 258 g/mol. The maximum absolute atomic E-state index is 11.8. The number of hydrogen-bond acceptors (Lipinski definition) is 3. The van der Waals surface area contributed by atoms with Crippen LogP contribution in [0.15, 0.2) is 30.3 Å². The molecule has 1 aromatic rings. The molecule has 20 heavy (non-hydrogen) atoms. The number of amides is 1. The SMILES string of the molecule is CN(CCCC(=O)O)C(=O)CCCOc1ccccc1. The lowest BCUT2D eigenvalue weighted by atomic mass is 10.2. The number of para-hydroxylation sites is 1. The molecule has 0 spiro atoms. The molecule has 1 rings (SSSR count). The molecule has 0 aliphatic rings. The van der Waals surface area contributed by atoms with E-state index >= 15 is 0 Å². The Labute approximate surface area is 119 Å². The van der Waals surface area contributed by atoms with Gasteiger partial charge in [-0.15, -0.1) is 0 Å². The minimum Gasteiger partial charge on any atom is -0.494 e. The smallest absolute Gasteiger partial charge is 0.303 e. The van der Waals surface area contributed by atoms with Crippen molar-refractivity contribution in [1.29, 1.82) is 0 Å². The molecule has 1 N–H and O–H groups in total. The van der Waals surface area contributed by atoms with Gasteiger partial charge in [0, 0.05) is 26.4 Å². The third-order valence-corrected chi connectivity index (χ3v) is 2.86. The van der Waals surface area contributed by atoms with Gasteiger partial charge in [0.05, 0.1) is 6.61 Å². The van der Waals surface area contributed by atoms with E-state index < -0.39 is 5.97 Å². The van der Waals surface area contributed by atoms with Gasteiger partial charge in [-0.1, -0.05) is 18.2 Å². The molecule has 5 heteroatoms. The summed E-state index contributed by atoms with van der Waals surface area (Å²) in [5.74, 6) is -0.0103. The maximum Gasteiger partial charge on any atom is 0.303 e. The lowest BCUT2D eigenvalue weighted by Gasteiger charge is -2.16. The highest BCUT2D eigenvalue weighted by molar-refractivity contribution is 5.75. The minimum atomic E-state index is -0.831. The van der Waals surface area contributed by atoms with Crippen LogP contribution in [0.1, 0.15) is 25.7 Å². The summed E-state index contributed by atoms with van der Waals surface area (Å²) in [6, 6.07) is 9.47. The van der Waals surface area contributed by atoms with E-state index in [0.29, 0.717) is 32.4 Å². The number of nitrogens with zero attached hydrogens (tertiary/aromatic N) is 1. The molecule has 5 nitrogen and oxygen atoms in total. The first-order valence-electron chi connectivity index (χ1n) is 6.73. The summed E-state index contributed by atoms with van der Waals surface area (Å²) in [5, 5.41) is 8.53. The van der Waals surface area contributed by atoms with Crippen molar-refractivity contribution in [2.75, 3.05) is 20.2 Å². The van der Waals surface area contributed by atoms with Crippen LogP contribution in [0, 0.1) is 0 Å². The summed E-state index contributed by atoms with van der Waals surface area (Å²) in [6.45, 7) is 0.976. The van der Waals surface area contributed by atoms with Gasteiger partial charge in [-0.3, -0.25) is 9.59 Å². The van der Waals surface area contributed by atoms with Crippen LogP contribution in [0.25, 0.3) is 0 Å². The predicted octanol–water partition coefficient (Wildman–Crippen LogP) is 2.17. The van der Waals surface area contributed by atoms with E-state index in [-0.39, 0.29) is 12.3 Å². The summed E-state index contributed by atoms with van der Waals surface area (Å²) < 4.78 is 5.50.